The summed E-state index contributed by atoms with van der Waals surface area (Å²) in [4.78, 5) is 16.4. The molecule has 1 atom stereocenters. The van der Waals surface area contributed by atoms with Crippen LogP contribution in [0.1, 0.15) is 23.6 Å². The Balaban J connectivity index is 2.73. The van der Waals surface area contributed by atoms with Crippen LogP contribution in [0.5, 0.6) is 0 Å². The predicted octanol–water partition coefficient (Wildman–Crippen LogP) is 1.77. The molecule has 0 spiro atoms. The summed E-state index contributed by atoms with van der Waals surface area (Å²) in [6.07, 6.45) is 0. The van der Waals surface area contributed by atoms with Crippen LogP contribution in [0.15, 0.2) is 12.1 Å². The van der Waals surface area contributed by atoms with E-state index >= 15 is 0 Å². The van der Waals surface area contributed by atoms with Crippen molar-refractivity contribution in [1.82, 2.24) is 4.90 Å². The van der Waals surface area contributed by atoms with Crippen LogP contribution in [0.3, 0.4) is 0 Å². The topological polar surface area (TPSA) is 55.6 Å². The van der Waals surface area contributed by atoms with Gasteiger partial charge in [0.25, 0.3) is 0 Å². The number of ether oxygens (including phenoxy) is 1. The number of methoxy groups -OCH3 is 1. The number of thiophene rings is 1. The van der Waals surface area contributed by atoms with Crippen LogP contribution in [0.25, 0.3) is 0 Å². The Morgan fingerprint density at radius 3 is 2.61 bits per heavy atom. The van der Waals surface area contributed by atoms with E-state index in [0.717, 1.165) is 0 Å². The van der Waals surface area contributed by atoms with Gasteiger partial charge in [0.1, 0.15) is 6.04 Å². The number of nitrogens with zero attached hydrogens (tertiary/aromatic N) is 1. The molecule has 1 rings (SSSR count). The molecule has 0 aliphatic rings. The Morgan fingerprint density at radius 1 is 1.50 bits per heavy atom. The van der Waals surface area contributed by atoms with Gasteiger partial charge in [0.05, 0.1) is 13.2 Å². The van der Waals surface area contributed by atoms with Crippen molar-refractivity contribution in [3.63, 3.8) is 0 Å². The summed E-state index contributed by atoms with van der Waals surface area (Å²) in [6, 6.07) is 3.67. The largest absolute Gasteiger partial charge is 0.383 e. The highest BCUT2D eigenvalue weighted by Crippen LogP contribution is 2.18. The molecule has 1 unspecified atom stereocenters. The van der Waals surface area contributed by atoms with Gasteiger partial charge >= 0.3 is 0 Å². The molecule has 5 heteroatoms. The monoisotopic (exact) mass is 270 g/mol. The maximum Gasteiger partial charge on any atom is 0.242 e. The SMILES string of the molecule is COCC(N)C(=O)N(Cc1ccc(C)s1)C(C)C. The third-order valence-corrected chi connectivity index (χ3v) is 3.68. The Morgan fingerprint density at radius 2 is 2.17 bits per heavy atom. The molecule has 0 fully saturated rings. The van der Waals surface area contributed by atoms with E-state index in [-0.39, 0.29) is 18.6 Å². The number of aryl methyl sites for hydroxylation is 1. The average molecular weight is 270 g/mol. The fourth-order valence-corrected chi connectivity index (χ4v) is 2.61. The quantitative estimate of drug-likeness (QED) is 0.857. The molecule has 18 heavy (non-hydrogen) atoms. The maximum atomic E-state index is 12.2. The fourth-order valence-electron chi connectivity index (χ4n) is 1.72. The summed E-state index contributed by atoms with van der Waals surface area (Å²) in [5, 5.41) is 0. The summed E-state index contributed by atoms with van der Waals surface area (Å²) >= 11 is 1.71. The van der Waals surface area contributed by atoms with Gasteiger partial charge in [0.2, 0.25) is 5.91 Å². The van der Waals surface area contributed by atoms with Crippen LogP contribution in [-0.2, 0) is 16.1 Å². The summed E-state index contributed by atoms with van der Waals surface area (Å²) in [6.45, 7) is 6.93. The molecule has 0 aliphatic heterocycles. The molecule has 2 N–H and O–H groups in total. The molecule has 0 aliphatic carbocycles. The lowest BCUT2D eigenvalue weighted by atomic mass is 10.2. The highest BCUT2D eigenvalue weighted by Gasteiger charge is 2.23. The van der Waals surface area contributed by atoms with E-state index in [1.54, 1.807) is 23.3 Å². The second-order valence-electron chi connectivity index (χ2n) is 4.63. The molecule has 0 radical (unpaired) electrons. The molecule has 0 aromatic carbocycles. The molecule has 4 nitrogen and oxygen atoms in total. The summed E-state index contributed by atoms with van der Waals surface area (Å²) in [7, 11) is 1.55. The Labute approximate surface area is 113 Å². The standard InChI is InChI=1S/C13H22N2O2S/c1-9(2)15(13(16)12(14)8-17-4)7-11-6-5-10(3)18-11/h5-6,9,12H,7-8,14H2,1-4H3. The molecule has 0 saturated heterocycles. The maximum absolute atomic E-state index is 12.2. The van der Waals surface area contributed by atoms with Crippen molar-refractivity contribution in [2.75, 3.05) is 13.7 Å². The molecule has 0 bridgehead atoms. The van der Waals surface area contributed by atoms with E-state index in [1.807, 2.05) is 13.8 Å². The summed E-state index contributed by atoms with van der Waals surface area (Å²) in [5.74, 6) is -0.0575. The number of hydrogen-bond donors (Lipinski definition) is 1. The number of carbonyl (C=O) groups is 1. The van der Waals surface area contributed by atoms with E-state index in [1.165, 1.54) is 9.75 Å². The number of amides is 1. The average Bonchev–Trinajstić information content (AvgIpc) is 2.71. The van der Waals surface area contributed by atoms with Crippen LogP contribution in [0.4, 0.5) is 0 Å². The normalized spacial score (nSPS) is 12.8. The number of rotatable bonds is 6. The van der Waals surface area contributed by atoms with Crippen LogP contribution < -0.4 is 5.73 Å². The first-order valence-electron chi connectivity index (χ1n) is 6.06. The van der Waals surface area contributed by atoms with Crippen molar-refractivity contribution in [1.29, 1.82) is 0 Å². The van der Waals surface area contributed by atoms with Gasteiger partial charge in [0.15, 0.2) is 0 Å². The molecular weight excluding hydrogens is 248 g/mol. The van der Waals surface area contributed by atoms with Gasteiger partial charge in [-0.25, -0.2) is 0 Å². The van der Waals surface area contributed by atoms with Gasteiger partial charge in [-0.15, -0.1) is 11.3 Å². The van der Waals surface area contributed by atoms with E-state index < -0.39 is 6.04 Å². The Kier molecular flexibility index (Phi) is 5.78. The zero-order valence-electron chi connectivity index (χ0n) is 11.5. The van der Waals surface area contributed by atoms with Crippen molar-refractivity contribution in [2.45, 2.75) is 39.4 Å². The number of hydrogen-bond acceptors (Lipinski definition) is 4. The number of nitrogens with two attached hydrogens (primary N) is 1. The number of carbonyl (C=O) groups excluding carboxylic acids is 1. The van der Waals surface area contributed by atoms with E-state index in [0.29, 0.717) is 6.54 Å². The van der Waals surface area contributed by atoms with Gasteiger partial charge in [-0.05, 0) is 32.9 Å². The van der Waals surface area contributed by atoms with Crippen LogP contribution >= 0.6 is 11.3 Å². The van der Waals surface area contributed by atoms with Gasteiger partial charge in [-0.2, -0.15) is 0 Å². The predicted molar refractivity (Wildman–Crippen MR) is 74.6 cm³/mol. The zero-order chi connectivity index (χ0) is 13.7. The Bertz CT molecular complexity index is 390. The van der Waals surface area contributed by atoms with Crippen molar-refractivity contribution >= 4 is 17.2 Å². The van der Waals surface area contributed by atoms with Crippen molar-refractivity contribution in [3.8, 4) is 0 Å². The molecule has 1 amide bonds. The highest BCUT2D eigenvalue weighted by molar-refractivity contribution is 7.11. The van der Waals surface area contributed by atoms with Gasteiger partial charge < -0.3 is 15.4 Å². The first-order valence-corrected chi connectivity index (χ1v) is 6.87. The second kappa shape index (κ2) is 6.87. The van der Waals surface area contributed by atoms with Crippen molar-refractivity contribution < 1.29 is 9.53 Å². The first kappa shape index (κ1) is 15.1. The van der Waals surface area contributed by atoms with Crippen LogP contribution in [0, 0.1) is 6.92 Å². The molecular formula is C13H22N2O2S. The van der Waals surface area contributed by atoms with Crippen molar-refractivity contribution in [2.24, 2.45) is 5.73 Å². The van der Waals surface area contributed by atoms with Crippen molar-refractivity contribution in [3.05, 3.63) is 21.9 Å². The van der Waals surface area contributed by atoms with E-state index in [4.69, 9.17) is 10.5 Å². The molecule has 1 heterocycles. The van der Waals surface area contributed by atoms with Gasteiger partial charge in [-0.1, -0.05) is 0 Å². The lowest BCUT2D eigenvalue weighted by molar-refractivity contribution is -0.136. The minimum atomic E-state index is -0.585. The molecule has 1 aromatic heterocycles. The summed E-state index contributed by atoms with van der Waals surface area (Å²) in [5.41, 5.74) is 5.81. The lowest BCUT2D eigenvalue weighted by Crippen LogP contribution is -2.48. The Hall–Kier alpha value is -0.910. The smallest absolute Gasteiger partial charge is 0.242 e. The molecule has 0 saturated carbocycles. The second-order valence-corrected chi connectivity index (χ2v) is 6.01. The third-order valence-electron chi connectivity index (χ3n) is 2.69. The first-order chi connectivity index (χ1) is 8.45. The van der Waals surface area contributed by atoms with E-state index in [9.17, 15) is 4.79 Å². The fraction of sp³-hybridized carbons (Fsp3) is 0.615. The van der Waals surface area contributed by atoms with E-state index in [2.05, 4.69) is 19.1 Å². The third kappa shape index (κ3) is 4.08. The minimum Gasteiger partial charge on any atom is -0.383 e. The van der Waals surface area contributed by atoms with Crippen LogP contribution in [0.2, 0.25) is 0 Å². The molecule has 102 valence electrons. The lowest BCUT2D eigenvalue weighted by Gasteiger charge is -2.28. The summed E-state index contributed by atoms with van der Waals surface area (Å²) < 4.78 is 4.94. The highest BCUT2D eigenvalue weighted by atomic mass is 32.1. The van der Waals surface area contributed by atoms with Gasteiger partial charge in [0, 0.05) is 22.9 Å². The van der Waals surface area contributed by atoms with Crippen LogP contribution in [-0.4, -0.2) is 36.6 Å². The zero-order valence-corrected chi connectivity index (χ0v) is 12.3. The minimum absolute atomic E-state index is 0.0575. The molecule has 1 aromatic rings. The van der Waals surface area contributed by atoms with Gasteiger partial charge in [-0.3, -0.25) is 4.79 Å².